The maximum absolute atomic E-state index is 13.1. The number of para-hydroxylation sites is 1. The molecule has 2 amide bonds. The smallest absolute Gasteiger partial charge is 0.259 e. The Morgan fingerprint density at radius 3 is 2.55 bits per heavy atom. The van der Waals surface area contributed by atoms with Crippen LogP contribution >= 0.6 is 0 Å². The van der Waals surface area contributed by atoms with Crippen LogP contribution in [0.25, 0.3) is 0 Å². The highest BCUT2D eigenvalue weighted by molar-refractivity contribution is 6.07. The second-order valence-electron chi connectivity index (χ2n) is 7.24. The number of amides is 2. The quantitative estimate of drug-likeness (QED) is 0.715. The van der Waals surface area contributed by atoms with Gasteiger partial charge in [0.2, 0.25) is 0 Å². The molecule has 1 aliphatic rings. The zero-order valence-electron chi connectivity index (χ0n) is 16.4. The van der Waals surface area contributed by atoms with Crippen molar-refractivity contribution in [2.45, 2.75) is 26.2 Å². The van der Waals surface area contributed by atoms with E-state index in [0.29, 0.717) is 23.5 Å². The van der Waals surface area contributed by atoms with Crippen LogP contribution in [0.2, 0.25) is 0 Å². The molecule has 29 heavy (non-hydrogen) atoms. The zero-order valence-corrected chi connectivity index (χ0v) is 16.4. The first-order valence-corrected chi connectivity index (χ1v) is 9.86. The summed E-state index contributed by atoms with van der Waals surface area (Å²) < 4.78 is 0. The molecule has 0 fully saturated rings. The Balaban J connectivity index is 1.51. The molecule has 2 aromatic carbocycles. The number of nitrogens with one attached hydrogen (secondary N) is 1. The number of pyridine rings is 1. The van der Waals surface area contributed by atoms with Gasteiger partial charge in [-0.25, -0.2) is 4.98 Å². The van der Waals surface area contributed by atoms with E-state index >= 15 is 0 Å². The van der Waals surface area contributed by atoms with Gasteiger partial charge in [-0.3, -0.25) is 9.59 Å². The Hall–Kier alpha value is -3.47. The summed E-state index contributed by atoms with van der Waals surface area (Å²) in [6.45, 7) is 2.59. The van der Waals surface area contributed by atoms with Gasteiger partial charge in [0, 0.05) is 24.0 Å². The number of rotatable bonds is 3. The van der Waals surface area contributed by atoms with E-state index in [-0.39, 0.29) is 11.8 Å². The van der Waals surface area contributed by atoms with Crippen LogP contribution in [0, 0.1) is 6.92 Å². The molecule has 5 nitrogen and oxygen atoms in total. The molecule has 0 aliphatic carbocycles. The lowest BCUT2D eigenvalue weighted by Gasteiger charge is -2.23. The summed E-state index contributed by atoms with van der Waals surface area (Å²) >= 11 is 0. The first-order chi connectivity index (χ1) is 14.1. The number of hydrogen-bond donors (Lipinski definition) is 1. The lowest BCUT2D eigenvalue weighted by atomic mass is 10.1. The highest BCUT2D eigenvalue weighted by Crippen LogP contribution is 2.27. The Labute approximate surface area is 170 Å². The minimum Gasteiger partial charge on any atom is -0.308 e. The lowest BCUT2D eigenvalue weighted by molar-refractivity contribution is 0.0985. The molecule has 0 bridgehead atoms. The molecule has 1 aromatic heterocycles. The molecular weight excluding hydrogens is 362 g/mol. The van der Waals surface area contributed by atoms with Gasteiger partial charge < -0.3 is 10.2 Å². The van der Waals surface area contributed by atoms with Gasteiger partial charge >= 0.3 is 0 Å². The predicted molar refractivity (Wildman–Crippen MR) is 114 cm³/mol. The minimum absolute atomic E-state index is 0.0661. The fourth-order valence-corrected chi connectivity index (χ4v) is 3.66. The SMILES string of the molecule is Cc1ccccc1C(=O)Nc1ccc(C(=O)N2CCCCc3ccccc32)cn1. The van der Waals surface area contributed by atoms with Crippen LogP contribution in [0.4, 0.5) is 11.5 Å². The van der Waals surface area contributed by atoms with E-state index in [1.54, 1.807) is 18.2 Å². The number of carbonyl (C=O) groups excluding carboxylic acids is 2. The van der Waals surface area contributed by atoms with Crippen LogP contribution in [0.1, 0.15) is 44.7 Å². The first kappa shape index (κ1) is 18.9. The zero-order chi connectivity index (χ0) is 20.2. The largest absolute Gasteiger partial charge is 0.308 e. The summed E-state index contributed by atoms with van der Waals surface area (Å²) in [5, 5.41) is 2.80. The number of anilines is 2. The highest BCUT2D eigenvalue weighted by Gasteiger charge is 2.22. The van der Waals surface area contributed by atoms with Crippen molar-refractivity contribution < 1.29 is 9.59 Å². The van der Waals surface area contributed by atoms with Crippen LogP contribution in [0.15, 0.2) is 66.9 Å². The maximum atomic E-state index is 13.1. The number of carbonyl (C=O) groups is 2. The molecular formula is C24H23N3O2. The third kappa shape index (κ3) is 4.04. The topological polar surface area (TPSA) is 62.3 Å². The van der Waals surface area contributed by atoms with Crippen LogP contribution in [0.3, 0.4) is 0 Å². The van der Waals surface area contributed by atoms with Gasteiger partial charge in [-0.1, -0.05) is 36.4 Å². The molecule has 146 valence electrons. The van der Waals surface area contributed by atoms with E-state index in [4.69, 9.17) is 0 Å². The normalized spacial score (nSPS) is 13.3. The van der Waals surface area contributed by atoms with E-state index in [9.17, 15) is 9.59 Å². The number of aromatic nitrogens is 1. The van der Waals surface area contributed by atoms with Gasteiger partial charge in [0.05, 0.1) is 5.56 Å². The summed E-state index contributed by atoms with van der Waals surface area (Å²) in [7, 11) is 0. The molecule has 0 saturated carbocycles. The molecule has 5 heteroatoms. The van der Waals surface area contributed by atoms with Crippen molar-refractivity contribution in [2.24, 2.45) is 0 Å². The van der Waals surface area contributed by atoms with E-state index < -0.39 is 0 Å². The second kappa shape index (κ2) is 8.27. The van der Waals surface area contributed by atoms with E-state index in [0.717, 1.165) is 30.5 Å². The maximum Gasteiger partial charge on any atom is 0.259 e. The summed E-state index contributed by atoms with van der Waals surface area (Å²) in [4.78, 5) is 31.7. The Morgan fingerprint density at radius 1 is 0.966 bits per heavy atom. The molecule has 1 N–H and O–H groups in total. The Bertz CT molecular complexity index is 1040. The van der Waals surface area contributed by atoms with Crippen LogP contribution in [-0.2, 0) is 6.42 Å². The van der Waals surface area contributed by atoms with Crippen LogP contribution in [0.5, 0.6) is 0 Å². The molecule has 0 spiro atoms. The third-order valence-corrected chi connectivity index (χ3v) is 5.25. The van der Waals surface area contributed by atoms with Gasteiger partial charge in [0.1, 0.15) is 5.82 Å². The standard InChI is InChI=1S/C24H23N3O2/c1-17-8-2-4-11-20(17)23(28)26-22-14-13-19(16-25-22)24(29)27-15-7-6-10-18-9-3-5-12-21(18)27/h2-5,8-9,11-14,16H,6-7,10,15H2,1H3,(H,25,26,28). The molecule has 0 saturated heterocycles. The summed E-state index contributed by atoms with van der Waals surface area (Å²) in [6.07, 6.45) is 4.56. The van der Waals surface area contributed by atoms with Gasteiger partial charge in [-0.05, 0) is 61.6 Å². The molecule has 1 aliphatic heterocycles. The fraction of sp³-hybridized carbons (Fsp3) is 0.208. The summed E-state index contributed by atoms with van der Waals surface area (Å²) in [6, 6.07) is 18.9. The number of hydrogen-bond acceptors (Lipinski definition) is 3. The van der Waals surface area contributed by atoms with Crippen molar-refractivity contribution in [1.29, 1.82) is 0 Å². The average Bonchev–Trinajstić information content (AvgIpc) is 2.96. The third-order valence-electron chi connectivity index (χ3n) is 5.25. The van der Waals surface area contributed by atoms with Crippen molar-refractivity contribution in [1.82, 2.24) is 4.98 Å². The van der Waals surface area contributed by atoms with Crippen molar-refractivity contribution in [3.8, 4) is 0 Å². The van der Waals surface area contributed by atoms with Crippen molar-refractivity contribution in [3.05, 3.63) is 89.1 Å². The Morgan fingerprint density at radius 2 is 1.76 bits per heavy atom. The molecule has 0 atom stereocenters. The molecule has 3 aromatic rings. The van der Waals surface area contributed by atoms with E-state index in [1.807, 2.05) is 48.2 Å². The van der Waals surface area contributed by atoms with Crippen molar-refractivity contribution >= 4 is 23.3 Å². The van der Waals surface area contributed by atoms with Gasteiger partial charge in [0.15, 0.2) is 0 Å². The highest BCUT2D eigenvalue weighted by atomic mass is 16.2. The fourth-order valence-electron chi connectivity index (χ4n) is 3.66. The molecule has 0 radical (unpaired) electrons. The number of nitrogens with zero attached hydrogens (tertiary/aromatic N) is 2. The van der Waals surface area contributed by atoms with Crippen LogP contribution in [-0.4, -0.2) is 23.3 Å². The summed E-state index contributed by atoms with van der Waals surface area (Å²) in [5.74, 6) is 0.144. The van der Waals surface area contributed by atoms with Gasteiger partial charge in [0.25, 0.3) is 11.8 Å². The minimum atomic E-state index is -0.212. The van der Waals surface area contributed by atoms with E-state index in [2.05, 4.69) is 16.4 Å². The van der Waals surface area contributed by atoms with E-state index in [1.165, 1.54) is 11.8 Å². The summed E-state index contributed by atoms with van der Waals surface area (Å²) in [5.41, 5.74) is 4.20. The van der Waals surface area contributed by atoms with Gasteiger partial charge in [-0.2, -0.15) is 0 Å². The molecule has 2 heterocycles. The van der Waals surface area contributed by atoms with Crippen molar-refractivity contribution in [3.63, 3.8) is 0 Å². The van der Waals surface area contributed by atoms with Gasteiger partial charge in [-0.15, -0.1) is 0 Å². The number of fused-ring (bicyclic) bond motifs is 1. The number of benzene rings is 2. The lowest BCUT2D eigenvalue weighted by Crippen LogP contribution is -2.31. The number of aryl methyl sites for hydroxylation is 2. The second-order valence-corrected chi connectivity index (χ2v) is 7.24. The Kier molecular flexibility index (Phi) is 5.38. The van der Waals surface area contributed by atoms with Crippen LogP contribution < -0.4 is 10.2 Å². The predicted octanol–water partition coefficient (Wildman–Crippen LogP) is 4.63. The van der Waals surface area contributed by atoms with Crippen molar-refractivity contribution in [2.75, 3.05) is 16.8 Å². The first-order valence-electron chi connectivity index (χ1n) is 9.86. The molecule has 4 rings (SSSR count). The monoisotopic (exact) mass is 385 g/mol. The average molecular weight is 385 g/mol. The molecule has 0 unspecified atom stereocenters.